The number of rotatable bonds is 3. The van der Waals surface area contributed by atoms with Crippen molar-refractivity contribution >= 4 is 17.6 Å². The average Bonchev–Trinajstić information content (AvgIpc) is 2.83. The number of aromatic amines is 1. The minimum absolute atomic E-state index is 0.115. The number of carboxylic acids is 1. The van der Waals surface area contributed by atoms with E-state index in [0.29, 0.717) is 11.3 Å². The molecule has 7 nitrogen and oxygen atoms in total. The molecule has 0 atom stereocenters. The molecule has 0 aliphatic rings. The van der Waals surface area contributed by atoms with E-state index in [1.165, 1.54) is 12.1 Å². The molecule has 7 heteroatoms. The van der Waals surface area contributed by atoms with Crippen molar-refractivity contribution in [3.8, 4) is 5.75 Å². The number of aromatic nitrogens is 2. The molecule has 0 saturated carbocycles. The highest BCUT2D eigenvalue weighted by atomic mass is 16.4. The SMILES string of the molecule is Cc1cc(NC(=O)c2nc[nH]c2C(=O)O)ccc1O. The van der Waals surface area contributed by atoms with E-state index in [-0.39, 0.29) is 17.1 Å². The predicted molar refractivity (Wildman–Crippen MR) is 66.3 cm³/mol. The quantitative estimate of drug-likeness (QED) is 0.623. The Bertz CT molecular complexity index is 648. The van der Waals surface area contributed by atoms with Crippen LogP contribution < -0.4 is 5.32 Å². The van der Waals surface area contributed by atoms with E-state index in [2.05, 4.69) is 15.3 Å². The number of hydrogen-bond donors (Lipinski definition) is 4. The maximum Gasteiger partial charge on any atom is 0.354 e. The van der Waals surface area contributed by atoms with Crippen molar-refractivity contribution in [3.63, 3.8) is 0 Å². The molecule has 98 valence electrons. The second-order valence-electron chi connectivity index (χ2n) is 3.89. The summed E-state index contributed by atoms with van der Waals surface area (Å²) in [5, 5.41) is 20.7. The molecule has 1 aromatic carbocycles. The van der Waals surface area contributed by atoms with Crippen molar-refractivity contribution in [1.29, 1.82) is 0 Å². The molecule has 0 aliphatic heterocycles. The van der Waals surface area contributed by atoms with E-state index < -0.39 is 11.9 Å². The van der Waals surface area contributed by atoms with Crippen molar-refractivity contribution in [2.75, 3.05) is 5.32 Å². The fourth-order valence-corrected chi connectivity index (χ4v) is 1.55. The first-order valence-corrected chi connectivity index (χ1v) is 5.36. The molecule has 0 spiro atoms. The molecule has 2 aromatic rings. The van der Waals surface area contributed by atoms with Crippen LogP contribution >= 0.6 is 0 Å². The normalized spacial score (nSPS) is 10.2. The number of carbonyl (C=O) groups is 2. The summed E-state index contributed by atoms with van der Waals surface area (Å²) in [7, 11) is 0. The van der Waals surface area contributed by atoms with Crippen LogP contribution in [0.2, 0.25) is 0 Å². The number of aryl methyl sites for hydroxylation is 1. The van der Waals surface area contributed by atoms with Gasteiger partial charge in [0.2, 0.25) is 0 Å². The number of nitrogens with zero attached hydrogens (tertiary/aromatic N) is 1. The van der Waals surface area contributed by atoms with Gasteiger partial charge in [-0.1, -0.05) is 0 Å². The molecule has 2 rings (SSSR count). The number of phenolic OH excluding ortho intramolecular Hbond substituents is 1. The first-order valence-electron chi connectivity index (χ1n) is 5.36. The molecule has 1 amide bonds. The average molecular weight is 261 g/mol. The van der Waals surface area contributed by atoms with Gasteiger partial charge in [-0.15, -0.1) is 0 Å². The molecular formula is C12H11N3O4. The molecule has 19 heavy (non-hydrogen) atoms. The monoisotopic (exact) mass is 261 g/mol. The van der Waals surface area contributed by atoms with Gasteiger partial charge in [-0.2, -0.15) is 0 Å². The minimum atomic E-state index is -1.26. The number of H-pyrrole nitrogens is 1. The zero-order valence-corrected chi connectivity index (χ0v) is 9.97. The first kappa shape index (κ1) is 12.6. The highest BCUT2D eigenvalue weighted by Crippen LogP contribution is 2.20. The summed E-state index contributed by atoms with van der Waals surface area (Å²) in [5.41, 5.74) is 0.573. The number of aromatic hydroxyl groups is 1. The third kappa shape index (κ3) is 2.54. The van der Waals surface area contributed by atoms with Gasteiger partial charge in [-0.25, -0.2) is 9.78 Å². The lowest BCUT2D eigenvalue weighted by Gasteiger charge is -2.06. The second kappa shape index (κ2) is 4.81. The van der Waals surface area contributed by atoms with Crippen molar-refractivity contribution in [1.82, 2.24) is 9.97 Å². The maximum absolute atomic E-state index is 11.9. The van der Waals surface area contributed by atoms with Crippen LogP contribution in [-0.4, -0.2) is 32.1 Å². The van der Waals surface area contributed by atoms with Gasteiger partial charge in [0.15, 0.2) is 11.4 Å². The molecular weight excluding hydrogens is 250 g/mol. The topological polar surface area (TPSA) is 115 Å². The van der Waals surface area contributed by atoms with Crippen LogP contribution in [0.15, 0.2) is 24.5 Å². The van der Waals surface area contributed by atoms with Crippen LogP contribution in [0.5, 0.6) is 5.75 Å². The lowest BCUT2D eigenvalue weighted by molar-refractivity contribution is 0.0686. The number of aromatic carboxylic acids is 1. The van der Waals surface area contributed by atoms with Gasteiger partial charge in [0.1, 0.15) is 5.75 Å². The first-order chi connectivity index (χ1) is 8.99. The third-order valence-electron chi connectivity index (χ3n) is 2.52. The van der Waals surface area contributed by atoms with Gasteiger partial charge in [0.05, 0.1) is 6.33 Å². The highest BCUT2D eigenvalue weighted by molar-refractivity contribution is 6.08. The lowest BCUT2D eigenvalue weighted by atomic mass is 10.2. The van der Waals surface area contributed by atoms with Crippen molar-refractivity contribution in [3.05, 3.63) is 41.5 Å². The number of anilines is 1. The van der Waals surface area contributed by atoms with E-state index in [1.807, 2.05) is 0 Å². The zero-order valence-electron chi connectivity index (χ0n) is 9.97. The highest BCUT2D eigenvalue weighted by Gasteiger charge is 2.19. The van der Waals surface area contributed by atoms with Gasteiger partial charge < -0.3 is 20.5 Å². The Balaban J connectivity index is 2.23. The summed E-state index contributed by atoms with van der Waals surface area (Å²) in [5.74, 6) is -1.78. The fraction of sp³-hybridized carbons (Fsp3) is 0.0833. The van der Waals surface area contributed by atoms with Crippen molar-refractivity contribution in [2.24, 2.45) is 0 Å². The molecule has 0 saturated heterocycles. The van der Waals surface area contributed by atoms with E-state index >= 15 is 0 Å². The van der Waals surface area contributed by atoms with Crippen LogP contribution in [-0.2, 0) is 0 Å². The number of hydrogen-bond acceptors (Lipinski definition) is 4. The Morgan fingerprint density at radius 3 is 2.74 bits per heavy atom. The molecule has 0 radical (unpaired) electrons. The van der Waals surface area contributed by atoms with Gasteiger partial charge in [0, 0.05) is 5.69 Å². The summed E-state index contributed by atoms with van der Waals surface area (Å²) in [6, 6.07) is 4.52. The molecule has 0 aliphatic carbocycles. The Labute approximate surface area is 107 Å². The number of imidazole rings is 1. The van der Waals surface area contributed by atoms with Crippen LogP contribution in [0.3, 0.4) is 0 Å². The fourth-order valence-electron chi connectivity index (χ4n) is 1.55. The van der Waals surface area contributed by atoms with Gasteiger partial charge in [-0.3, -0.25) is 4.79 Å². The standard InChI is InChI=1S/C12H11N3O4/c1-6-4-7(2-3-8(6)16)15-11(17)9-10(12(18)19)14-5-13-9/h2-5,16H,1H3,(H,13,14)(H,15,17)(H,18,19). The van der Waals surface area contributed by atoms with E-state index in [1.54, 1.807) is 13.0 Å². The Morgan fingerprint density at radius 2 is 2.11 bits per heavy atom. The summed E-state index contributed by atoms with van der Waals surface area (Å²) >= 11 is 0. The predicted octanol–water partition coefficient (Wildman–Crippen LogP) is 1.37. The van der Waals surface area contributed by atoms with Gasteiger partial charge in [0.25, 0.3) is 5.91 Å². The smallest absolute Gasteiger partial charge is 0.354 e. The zero-order chi connectivity index (χ0) is 14.0. The summed E-state index contributed by atoms with van der Waals surface area (Å²) in [6.45, 7) is 1.68. The summed E-state index contributed by atoms with van der Waals surface area (Å²) in [6.07, 6.45) is 1.14. The van der Waals surface area contributed by atoms with E-state index in [4.69, 9.17) is 5.11 Å². The molecule has 4 N–H and O–H groups in total. The number of benzene rings is 1. The van der Waals surface area contributed by atoms with Crippen LogP contribution in [0.4, 0.5) is 5.69 Å². The van der Waals surface area contributed by atoms with E-state index in [0.717, 1.165) is 6.33 Å². The van der Waals surface area contributed by atoms with Gasteiger partial charge >= 0.3 is 5.97 Å². The number of amides is 1. The minimum Gasteiger partial charge on any atom is -0.508 e. The largest absolute Gasteiger partial charge is 0.508 e. The number of phenols is 1. The van der Waals surface area contributed by atoms with Crippen molar-refractivity contribution in [2.45, 2.75) is 6.92 Å². The number of carbonyl (C=O) groups excluding carboxylic acids is 1. The summed E-state index contributed by atoms with van der Waals surface area (Å²) < 4.78 is 0. The lowest BCUT2D eigenvalue weighted by Crippen LogP contribution is -2.16. The van der Waals surface area contributed by atoms with Gasteiger partial charge in [-0.05, 0) is 30.7 Å². The number of carboxylic acid groups (broad SMARTS) is 1. The van der Waals surface area contributed by atoms with Crippen LogP contribution in [0, 0.1) is 6.92 Å². The third-order valence-corrected chi connectivity index (χ3v) is 2.52. The Morgan fingerprint density at radius 1 is 1.37 bits per heavy atom. The molecule has 1 aromatic heterocycles. The Kier molecular flexibility index (Phi) is 3.19. The van der Waals surface area contributed by atoms with Crippen LogP contribution in [0.1, 0.15) is 26.5 Å². The van der Waals surface area contributed by atoms with Crippen molar-refractivity contribution < 1.29 is 19.8 Å². The Hall–Kier alpha value is -2.83. The maximum atomic E-state index is 11.9. The van der Waals surface area contributed by atoms with E-state index in [9.17, 15) is 14.7 Å². The van der Waals surface area contributed by atoms with Crippen LogP contribution in [0.25, 0.3) is 0 Å². The number of nitrogens with one attached hydrogen (secondary N) is 2. The molecule has 0 bridgehead atoms. The second-order valence-corrected chi connectivity index (χ2v) is 3.89. The summed E-state index contributed by atoms with van der Waals surface area (Å²) in [4.78, 5) is 28.8. The molecule has 1 heterocycles. The molecule has 0 fully saturated rings. The molecule has 0 unspecified atom stereocenters.